The lowest BCUT2D eigenvalue weighted by Crippen LogP contribution is -1.99. The summed E-state index contributed by atoms with van der Waals surface area (Å²) in [6.07, 6.45) is 2.04. The molecular weight excluding hydrogens is 230 g/mol. The highest BCUT2D eigenvalue weighted by Crippen LogP contribution is 2.28. The molecule has 0 aliphatic rings. The predicted molar refractivity (Wildman–Crippen MR) is 71.1 cm³/mol. The molecule has 0 saturated carbocycles. The van der Waals surface area contributed by atoms with Gasteiger partial charge >= 0.3 is 0 Å². The van der Waals surface area contributed by atoms with Crippen LogP contribution in [0, 0.1) is 6.92 Å². The Hall–Kier alpha value is -1.65. The summed E-state index contributed by atoms with van der Waals surface area (Å²) in [5, 5.41) is 2.07. The van der Waals surface area contributed by atoms with E-state index in [-0.39, 0.29) is 0 Å². The quantitative estimate of drug-likeness (QED) is 0.752. The molecule has 4 heteroatoms. The lowest BCUT2D eigenvalue weighted by atomic mass is 10.3. The average Bonchev–Trinajstić information content (AvgIpc) is 2.97. The van der Waals surface area contributed by atoms with E-state index in [4.69, 9.17) is 10.7 Å². The zero-order valence-corrected chi connectivity index (χ0v) is 10.4. The predicted octanol–water partition coefficient (Wildman–Crippen LogP) is 2.83. The van der Waals surface area contributed by atoms with E-state index in [9.17, 15) is 0 Å². The van der Waals surface area contributed by atoms with Crippen molar-refractivity contribution in [2.75, 3.05) is 0 Å². The molecule has 0 radical (unpaired) electrons. The third-order valence-electron chi connectivity index (χ3n) is 2.94. The van der Waals surface area contributed by atoms with Crippen LogP contribution in [0.5, 0.6) is 0 Å². The summed E-state index contributed by atoms with van der Waals surface area (Å²) in [5.41, 5.74) is 10.0. The zero-order chi connectivity index (χ0) is 11.8. The molecule has 0 aliphatic carbocycles. The van der Waals surface area contributed by atoms with Gasteiger partial charge in [0.1, 0.15) is 11.3 Å². The van der Waals surface area contributed by atoms with Crippen molar-refractivity contribution in [3.63, 3.8) is 0 Å². The fraction of sp³-hybridized carbons (Fsp3) is 0.154. The van der Waals surface area contributed by atoms with Crippen LogP contribution in [0.15, 0.2) is 35.8 Å². The van der Waals surface area contributed by atoms with Crippen LogP contribution < -0.4 is 5.73 Å². The van der Waals surface area contributed by atoms with Crippen molar-refractivity contribution in [1.82, 2.24) is 9.38 Å². The van der Waals surface area contributed by atoms with E-state index in [1.165, 1.54) is 4.88 Å². The molecule has 3 heterocycles. The van der Waals surface area contributed by atoms with E-state index in [0.29, 0.717) is 6.54 Å². The fourth-order valence-corrected chi connectivity index (χ4v) is 2.81. The molecule has 0 amide bonds. The second-order valence-electron chi connectivity index (χ2n) is 3.95. The van der Waals surface area contributed by atoms with Gasteiger partial charge in [0.15, 0.2) is 0 Å². The fourth-order valence-electron chi connectivity index (χ4n) is 2.05. The van der Waals surface area contributed by atoms with Gasteiger partial charge in [-0.05, 0) is 24.4 Å². The van der Waals surface area contributed by atoms with Crippen molar-refractivity contribution in [2.45, 2.75) is 13.5 Å². The van der Waals surface area contributed by atoms with Gasteiger partial charge < -0.3 is 10.1 Å². The number of aromatic nitrogens is 2. The Balaban J connectivity index is 2.32. The number of aryl methyl sites for hydroxylation is 1. The maximum Gasteiger partial charge on any atom is 0.142 e. The Labute approximate surface area is 104 Å². The van der Waals surface area contributed by atoms with Crippen molar-refractivity contribution in [1.29, 1.82) is 0 Å². The van der Waals surface area contributed by atoms with Gasteiger partial charge in [-0.2, -0.15) is 0 Å². The molecule has 3 aromatic heterocycles. The smallest absolute Gasteiger partial charge is 0.142 e. The van der Waals surface area contributed by atoms with Gasteiger partial charge in [-0.1, -0.05) is 12.1 Å². The number of hydrogen-bond donors (Lipinski definition) is 1. The minimum absolute atomic E-state index is 0.519. The molecule has 0 unspecified atom stereocenters. The molecule has 0 spiro atoms. The Bertz CT molecular complexity index is 653. The summed E-state index contributed by atoms with van der Waals surface area (Å²) >= 11 is 1.71. The van der Waals surface area contributed by atoms with E-state index in [0.717, 1.165) is 22.6 Å². The van der Waals surface area contributed by atoms with Gasteiger partial charge in [-0.15, -0.1) is 11.3 Å². The SMILES string of the molecule is Cc1c(-c2cccs2)nc2c(CN)cccn12. The van der Waals surface area contributed by atoms with E-state index in [2.05, 4.69) is 22.8 Å². The van der Waals surface area contributed by atoms with Crippen molar-refractivity contribution in [2.24, 2.45) is 5.73 Å². The topological polar surface area (TPSA) is 43.3 Å². The highest BCUT2D eigenvalue weighted by atomic mass is 32.1. The first-order valence-corrected chi connectivity index (χ1v) is 6.39. The van der Waals surface area contributed by atoms with E-state index in [1.54, 1.807) is 11.3 Å². The van der Waals surface area contributed by atoms with Crippen molar-refractivity contribution < 1.29 is 0 Å². The highest BCUT2D eigenvalue weighted by Gasteiger charge is 2.12. The van der Waals surface area contributed by atoms with Gasteiger partial charge in [0.05, 0.1) is 4.88 Å². The third kappa shape index (κ3) is 1.57. The first-order chi connectivity index (χ1) is 8.31. The van der Waals surface area contributed by atoms with Crippen LogP contribution >= 0.6 is 11.3 Å². The summed E-state index contributed by atoms with van der Waals surface area (Å²) in [6, 6.07) is 8.19. The van der Waals surface area contributed by atoms with Gasteiger partial charge in [-0.3, -0.25) is 0 Å². The maximum atomic E-state index is 5.74. The molecule has 17 heavy (non-hydrogen) atoms. The minimum atomic E-state index is 0.519. The normalized spacial score (nSPS) is 11.2. The van der Waals surface area contributed by atoms with Crippen LogP contribution in [-0.2, 0) is 6.54 Å². The first-order valence-electron chi connectivity index (χ1n) is 5.51. The Morgan fingerprint density at radius 1 is 1.35 bits per heavy atom. The number of nitrogens with two attached hydrogens (primary N) is 1. The monoisotopic (exact) mass is 243 g/mol. The first kappa shape index (κ1) is 10.5. The Morgan fingerprint density at radius 3 is 2.94 bits per heavy atom. The molecule has 0 atom stereocenters. The van der Waals surface area contributed by atoms with Crippen LogP contribution in [0.25, 0.3) is 16.2 Å². The van der Waals surface area contributed by atoms with Crippen LogP contribution in [0.1, 0.15) is 11.3 Å². The number of imidazole rings is 1. The average molecular weight is 243 g/mol. The number of rotatable bonds is 2. The largest absolute Gasteiger partial charge is 0.326 e. The molecule has 0 saturated heterocycles. The van der Waals surface area contributed by atoms with Crippen LogP contribution in [-0.4, -0.2) is 9.38 Å². The van der Waals surface area contributed by atoms with Crippen molar-refractivity contribution in [3.05, 3.63) is 47.1 Å². The molecule has 3 rings (SSSR count). The summed E-state index contributed by atoms with van der Waals surface area (Å²) < 4.78 is 2.11. The molecule has 3 nitrogen and oxygen atoms in total. The lowest BCUT2D eigenvalue weighted by Gasteiger charge is -2.00. The molecule has 0 aliphatic heterocycles. The second kappa shape index (κ2) is 3.98. The Morgan fingerprint density at radius 2 is 2.24 bits per heavy atom. The summed E-state index contributed by atoms with van der Waals surface area (Å²) in [4.78, 5) is 5.92. The van der Waals surface area contributed by atoms with E-state index in [1.807, 2.05) is 24.4 Å². The van der Waals surface area contributed by atoms with Crippen molar-refractivity contribution in [3.8, 4) is 10.6 Å². The molecule has 2 N–H and O–H groups in total. The summed E-state index contributed by atoms with van der Waals surface area (Å²) in [5.74, 6) is 0. The molecule has 0 aromatic carbocycles. The molecule has 0 fully saturated rings. The number of pyridine rings is 1. The van der Waals surface area contributed by atoms with Crippen LogP contribution in [0.2, 0.25) is 0 Å². The second-order valence-corrected chi connectivity index (χ2v) is 4.90. The van der Waals surface area contributed by atoms with Crippen molar-refractivity contribution >= 4 is 17.0 Å². The number of fused-ring (bicyclic) bond motifs is 1. The van der Waals surface area contributed by atoms with Gasteiger partial charge in [0, 0.05) is 24.0 Å². The standard InChI is InChI=1S/C13H13N3S/c1-9-12(11-5-3-7-17-11)15-13-10(8-14)4-2-6-16(9)13/h2-7H,8,14H2,1H3. The van der Waals surface area contributed by atoms with Gasteiger partial charge in [-0.25, -0.2) is 4.98 Å². The summed E-state index contributed by atoms with van der Waals surface area (Å²) in [7, 11) is 0. The molecule has 86 valence electrons. The van der Waals surface area contributed by atoms with Crippen LogP contribution in [0.4, 0.5) is 0 Å². The molecular formula is C13H13N3S. The Kier molecular flexibility index (Phi) is 2.46. The highest BCUT2D eigenvalue weighted by molar-refractivity contribution is 7.13. The minimum Gasteiger partial charge on any atom is -0.326 e. The lowest BCUT2D eigenvalue weighted by molar-refractivity contribution is 1.03. The summed E-state index contributed by atoms with van der Waals surface area (Å²) in [6.45, 7) is 2.61. The number of thiophene rings is 1. The third-order valence-corrected chi connectivity index (χ3v) is 3.82. The van der Waals surface area contributed by atoms with E-state index < -0.39 is 0 Å². The van der Waals surface area contributed by atoms with Gasteiger partial charge in [0.25, 0.3) is 0 Å². The number of hydrogen-bond acceptors (Lipinski definition) is 3. The zero-order valence-electron chi connectivity index (χ0n) is 9.55. The maximum absolute atomic E-state index is 5.74. The molecule has 3 aromatic rings. The van der Waals surface area contributed by atoms with E-state index >= 15 is 0 Å². The van der Waals surface area contributed by atoms with Gasteiger partial charge in [0.2, 0.25) is 0 Å². The number of nitrogens with zero attached hydrogens (tertiary/aromatic N) is 2. The van der Waals surface area contributed by atoms with Crippen LogP contribution in [0.3, 0.4) is 0 Å². The molecule has 0 bridgehead atoms.